The number of carbonyl (C=O) groups is 1. The molecule has 0 saturated carbocycles. The molecule has 2 nitrogen and oxygen atoms in total. The molecule has 0 radical (unpaired) electrons. The molecule has 90 valence electrons. The van der Waals surface area contributed by atoms with E-state index in [2.05, 4.69) is 6.58 Å². The first kappa shape index (κ1) is 12.1. The number of hydrogen-bond donors (Lipinski definition) is 0. The summed E-state index contributed by atoms with van der Waals surface area (Å²) in [5.41, 5.74) is 1.49. The Balaban J connectivity index is 2.40. The molecule has 18 heavy (non-hydrogen) atoms. The third-order valence-corrected chi connectivity index (χ3v) is 2.58. The molecule has 0 aliphatic rings. The van der Waals surface area contributed by atoms with Gasteiger partial charge in [-0.25, -0.2) is 0 Å². The van der Waals surface area contributed by atoms with Crippen molar-refractivity contribution in [3.05, 3.63) is 71.7 Å². The van der Waals surface area contributed by atoms with E-state index in [9.17, 15) is 4.79 Å². The van der Waals surface area contributed by atoms with Crippen molar-refractivity contribution in [2.75, 3.05) is 0 Å². The van der Waals surface area contributed by atoms with Gasteiger partial charge in [-0.3, -0.25) is 4.79 Å². The number of rotatable bonds is 4. The molecule has 0 saturated heterocycles. The number of carbonyl (C=O) groups excluding carboxylic acids is 1. The van der Waals surface area contributed by atoms with Crippen molar-refractivity contribution < 1.29 is 9.21 Å². The third kappa shape index (κ3) is 2.33. The number of ketones is 1. The highest BCUT2D eigenvalue weighted by Gasteiger charge is 2.15. The average Bonchev–Trinajstić information content (AvgIpc) is 2.82. The van der Waals surface area contributed by atoms with Crippen molar-refractivity contribution in [2.45, 2.75) is 6.92 Å². The molecule has 0 spiro atoms. The van der Waals surface area contributed by atoms with Gasteiger partial charge in [0.2, 0.25) is 5.78 Å². The predicted molar refractivity (Wildman–Crippen MR) is 73.4 cm³/mol. The highest BCUT2D eigenvalue weighted by molar-refractivity contribution is 6.07. The molecule has 0 aliphatic carbocycles. The first-order chi connectivity index (χ1) is 8.76. The standard InChI is InChI=1S/C16H14O2/c1-3-8-13-11-15(18-14(13)4-2)16(17)12-9-6-5-7-10-12/h3-11H,2H2,1H3/b8-3-. The van der Waals surface area contributed by atoms with Crippen molar-refractivity contribution in [1.29, 1.82) is 0 Å². The predicted octanol–water partition coefficient (Wildman–Crippen LogP) is 4.19. The van der Waals surface area contributed by atoms with Crippen molar-refractivity contribution >= 4 is 17.9 Å². The van der Waals surface area contributed by atoms with Gasteiger partial charge in [-0.05, 0) is 19.1 Å². The van der Waals surface area contributed by atoms with Crippen molar-refractivity contribution in [3.63, 3.8) is 0 Å². The molecule has 0 fully saturated rings. The van der Waals surface area contributed by atoms with Crippen molar-refractivity contribution in [3.8, 4) is 0 Å². The monoisotopic (exact) mass is 238 g/mol. The summed E-state index contributed by atoms with van der Waals surface area (Å²) in [6.45, 7) is 5.60. The van der Waals surface area contributed by atoms with E-state index < -0.39 is 0 Å². The van der Waals surface area contributed by atoms with Gasteiger partial charge < -0.3 is 4.42 Å². The summed E-state index contributed by atoms with van der Waals surface area (Å²) in [7, 11) is 0. The number of furan rings is 1. The highest BCUT2D eigenvalue weighted by Crippen LogP contribution is 2.21. The van der Waals surface area contributed by atoms with Crippen LogP contribution in [0, 0.1) is 0 Å². The maximum Gasteiger partial charge on any atom is 0.228 e. The molecular formula is C16H14O2. The molecule has 0 unspecified atom stereocenters. The van der Waals surface area contributed by atoms with Gasteiger partial charge in [-0.1, -0.05) is 49.1 Å². The zero-order valence-electron chi connectivity index (χ0n) is 10.2. The Morgan fingerprint density at radius 1 is 1.28 bits per heavy atom. The average molecular weight is 238 g/mol. The van der Waals surface area contributed by atoms with Crippen LogP contribution in [-0.2, 0) is 0 Å². The van der Waals surface area contributed by atoms with Gasteiger partial charge in [0, 0.05) is 11.1 Å². The molecule has 2 heteroatoms. The smallest absolute Gasteiger partial charge is 0.228 e. The molecule has 2 rings (SSSR count). The first-order valence-electron chi connectivity index (χ1n) is 5.75. The lowest BCUT2D eigenvalue weighted by Gasteiger charge is -1.95. The van der Waals surface area contributed by atoms with Crippen LogP contribution in [0.2, 0.25) is 0 Å². The lowest BCUT2D eigenvalue weighted by atomic mass is 10.1. The lowest BCUT2D eigenvalue weighted by molar-refractivity contribution is 0.101. The second kappa shape index (κ2) is 5.32. The van der Waals surface area contributed by atoms with Crippen LogP contribution in [0.4, 0.5) is 0 Å². The Bertz CT molecular complexity index is 589. The Kier molecular flexibility index (Phi) is 3.58. The van der Waals surface area contributed by atoms with Gasteiger partial charge in [-0.2, -0.15) is 0 Å². The third-order valence-electron chi connectivity index (χ3n) is 2.58. The van der Waals surface area contributed by atoms with Crippen LogP contribution in [0.1, 0.15) is 34.4 Å². The van der Waals surface area contributed by atoms with E-state index >= 15 is 0 Å². The van der Waals surface area contributed by atoms with E-state index in [-0.39, 0.29) is 5.78 Å². The molecule has 1 heterocycles. The zero-order chi connectivity index (χ0) is 13.0. The van der Waals surface area contributed by atoms with Gasteiger partial charge >= 0.3 is 0 Å². The fourth-order valence-electron chi connectivity index (χ4n) is 1.73. The lowest BCUT2D eigenvalue weighted by Crippen LogP contribution is -1.98. The molecule has 1 aromatic heterocycles. The summed E-state index contributed by atoms with van der Waals surface area (Å²) in [5, 5.41) is 0. The van der Waals surface area contributed by atoms with E-state index in [1.54, 1.807) is 24.3 Å². The number of benzene rings is 1. The fraction of sp³-hybridized carbons (Fsp3) is 0.0625. The summed E-state index contributed by atoms with van der Waals surface area (Å²) in [5.74, 6) is 0.839. The summed E-state index contributed by atoms with van der Waals surface area (Å²) < 4.78 is 5.51. The SMILES string of the molecule is C=Cc1oc(C(=O)c2ccccc2)cc1/C=C\C. The van der Waals surface area contributed by atoms with Crippen molar-refractivity contribution in [2.24, 2.45) is 0 Å². The van der Waals surface area contributed by atoms with Crippen LogP contribution in [0.15, 0.2) is 53.5 Å². The fourth-order valence-corrected chi connectivity index (χ4v) is 1.73. The maximum absolute atomic E-state index is 12.2. The zero-order valence-corrected chi connectivity index (χ0v) is 10.2. The van der Waals surface area contributed by atoms with Gasteiger partial charge in [0.25, 0.3) is 0 Å². The van der Waals surface area contributed by atoms with Gasteiger partial charge in [-0.15, -0.1) is 0 Å². The largest absolute Gasteiger partial charge is 0.453 e. The molecule has 0 bridgehead atoms. The van der Waals surface area contributed by atoms with E-state index in [0.29, 0.717) is 17.1 Å². The Morgan fingerprint density at radius 2 is 2.00 bits per heavy atom. The first-order valence-corrected chi connectivity index (χ1v) is 5.75. The van der Waals surface area contributed by atoms with Crippen molar-refractivity contribution in [1.82, 2.24) is 0 Å². The minimum Gasteiger partial charge on any atom is -0.453 e. The second-order valence-corrected chi connectivity index (χ2v) is 3.83. The molecule has 0 aliphatic heterocycles. The summed E-state index contributed by atoms with van der Waals surface area (Å²) in [6, 6.07) is 10.8. The molecule has 0 N–H and O–H groups in total. The van der Waals surface area contributed by atoms with Crippen LogP contribution in [-0.4, -0.2) is 5.78 Å². The van der Waals surface area contributed by atoms with Crippen LogP contribution in [0.5, 0.6) is 0 Å². The quantitative estimate of drug-likeness (QED) is 0.748. The maximum atomic E-state index is 12.2. The molecular weight excluding hydrogens is 224 g/mol. The minimum absolute atomic E-state index is 0.116. The molecule has 0 amide bonds. The van der Waals surface area contributed by atoms with E-state index in [4.69, 9.17) is 4.42 Å². The Hall–Kier alpha value is -2.35. The van der Waals surface area contributed by atoms with Crippen LogP contribution < -0.4 is 0 Å². The number of hydrogen-bond acceptors (Lipinski definition) is 2. The van der Waals surface area contributed by atoms with Crippen LogP contribution in [0.25, 0.3) is 12.2 Å². The van der Waals surface area contributed by atoms with E-state index in [1.807, 2.05) is 37.3 Å². The topological polar surface area (TPSA) is 30.2 Å². The molecule has 2 aromatic rings. The highest BCUT2D eigenvalue weighted by atomic mass is 16.3. The Morgan fingerprint density at radius 3 is 2.61 bits per heavy atom. The van der Waals surface area contributed by atoms with Gasteiger partial charge in [0.15, 0.2) is 5.76 Å². The summed E-state index contributed by atoms with van der Waals surface area (Å²) in [4.78, 5) is 12.2. The van der Waals surface area contributed by atoms with Crippen LogP contribution >= 0.6 is 0 Å². The minimum atomic E-state index is -0.116. The van der Waals surface area contributed by atoms with E-state index in [1.165, 1.54) is 0 Å². The van der Waals surface area contributed by atoms with Gasteiger partial charge in [0.1, 0.15) is 5.76 Å². The normalized spacial score (nSPS) is 10.7. The van der Waals surface area contributed by atoms with E-state index in [0.717, 1.165) is 5.56 Å². The number of allylic oxidation sites excluding steroid dienone is 1. The Labute approximate surface area is 106 Å². The summed E-state index contributed by atoms with van der Waals surface area (Å²) in [6.07, 6.45) is 5.40. The second-order valence-electron chi connectivity index (χ2n) is 3.83. The van der Waals surface area contributed by atoms with Crippen LogP contribution in [0.3, 0.4) is 0 Å². The van der Waals surface area contributed by atoms with Gasteiger partial charge in [0.05, 0.1) is 0 Å². The molecule has 1 aromatic carbocycles. The molecule has 0 atom stereocenters. The summed E-state index contributed by atoms with van der Waals surface area (Å²) >= 11 is 0.